The van der Waals surface area contributed by atoms with Crippen molar-refractivity contribution in [3.8, 4) is 5.75 Å². The van der Waals surface area contributed by atoms with Crippen LogP contribution in [0.4, 0.5) is 4.79 Å². The van der Waals surface area contributed by atoms with Gasteiger partial charge in [0.15, 0.2) is 0 Å². The van der Waals surface area contributed by atoms with Crippen LogP contribution in [0.1, 0.15) is 50.3 Å². The van der Waals surface area contributed by atoms with Gasteiger partial charge in [0, 0.05) is 25.2 Å². The summed E-state index contributed by atoms with van der Waals surface area (Å²) in [7, 11) is 0. The lowest BCUT2D eigenvalue weighted by Gasteiger charge is -2.32. The van der Waals surface area contributed by atoms with E-state index < -0.39 is 11.7 Å². The molecule has 1 heterocycles. The number of nitrogens with one attached hydrogen (secondary N) is 1. The van der Waals surface area contributed by atoms with Crippen LogP contribution in [-0.2, 0) is 22.6 Å². The first-order valence-electron chi connectivity index (χ1n) is 11.9. The highest BCUT2D eigenvalue weighted by atomic mass is 16.6. The predicted molar refractivity (Wildman–Crippen MR) is 135 cm³/mol. The highest BCUT2D eigenvalue weighted by molar-refractivity contribution is 5.80. The van der Waals surface area contributed by atoms with Gasteiger partial charge in [-0.25, -0.2) is 4.79 Å². The second-order valence-corrected chi connectivity index (χ2v) is 9.73. The number of carbonyl (C=O) groups excluding carboxylic acids is 2. The van der Waals surface area contributed by atoms with E-state index in [2.05, 4.69) is 11.9 Å². The third-order valence-electron chi connectivity index (χ3n) is 5.80. The van der Waals surface area contributed by atoms with Gasteiger partial charge in [-0.1, -0.05) is 49.1 Å². The molecule has 2 aromatic rings. The molecule has 0 aliphatic carbocycles. The quantitative estimate of drug-likeness (QED) is 0.582. The molecule has 1 saturated heterocycles. The van der Waals surface area contributed by atoms with Crippen molar-refractivity contribution in [2.75, 3.05) is 19.6 Å². The smallest absolute Gasteiger partial charge is 0.407 e. The summed E-state index contributed by atoms with van der Waals surface area (Å²) in [6, 6.07) is 15.8. The fourth-order valence-electron chi connectivity index (χ4n) is 3.94. The summed E-state index contributed by atoms with van der Waals surface area (Å²) in [4.78, 5) is 26.9. The van der Waals surface area contributed by atoms with E-state index in [9.17, 15) is 9.59 Å². The molecule has 0 radical (unpaired) electrons. The summed E-state index contributed by atoms with van der Waals surface area (Å²) in [5, 5.41) is 2.85. The van der Waals surface area contributed by atoms with Crippen LogP contribution in [0.25, 0.3) is 6.08 Å². The minimum Gasteiger partial charge on any atom is -0.489 e. The molecule has 0 saturated carbocycles. The Bertz CT molecular complexity index is 974. The fraction of sp³-hybridized carbons (Fsp3) is 0.429. The van der Waals surface area contributed by atoms with E-state index in [-0.39, 0.29) is 12.3 Å². The molecule has 1 aliphatic rings. The second-order valence-electron chi connectivity index (χ2n) is 9.73. The standard InChI is InChI=1S/C28H36N2O4/c1-5-21-11-12-25(33-20-23-9-7-6-8-10-23)24(17-21)18-26(31)30-15-13-22(14-16-30)19-29-27(32)34-28(2,3)4/h5-12,17,22H,1,13-16,18-20H2,2-4H3,(H,29,32). The first kappa shape index (κ1) is 25.3. The second kappa shape index (κ2) is 11.7. The Hall–Kier alpha value is -3.28. The van der Waals surface area contributed by atoms with Crippen molar-refractivity contribution < 1.29 is 19.1 Å². The number of alkyl carbamates (subject to hydrolysis) is 1. The highest BCUT2D eigenvalue weighted by Gasteiger charge is 2.25. The Kier molecular flexibility index (Phi) is 8.74. The molecule has 0 bridgehead atoms. The largest absolute Gasteiger partial charge is 0.489 e. The summed E-state index contributed by atoms with van der Waals surface area (Å²) >= 11 is 0. The van der Waals surface area contributed by atoms with Crippen LogP contribution in [0, 0.1) is 5.92 Å². The number of carbonyl (C=O) groups is 2. The van der Waals surface area contributed by atoms with Crippen LogP contribution in [0.5, 0.6) is 5.75 Å². The highest BCUT2D eigenvalue weighted by Crippen LogP contribution is 2.25. The van der Waals surface area contributed by atoms with Gasteiger partial charge in [0.1, 0.15) is 18.0 Å². The zero-order chi connectivity index (χ0) is 24.6. The van der Waals surface area contributed by atoms with Gasteiger partial charge in [0.25, 0.3) is 0 Å². The van der Waals surface area contributed by atoms with Gasteiger partial charge in [-0.15, -0.1) is 0 Å². The first-order chi connectivity index (χ1) is 16.2. The minimum atomic E-state index is -0.508. The predicted octanol–water partition coefficient (Wildman–Crippen LogP) is 5.21. The van der Waals surface area contributed by atoms with Crippen LogP contribution in [-0.4, -0.2) is 42.1 Å². The van der Waals surface area contributed by atoms with Gasteiger partial charge in [-0.3, -0.25) is 4.79 Å². The zero-order valence-electron chi connectivity index (χ0n) is 20.5. The molecule has 1 aliphatic heterocycles. The fourth-order valence-corrected chi connectivity index (χ4v) is 3.94. The number of amides is 2. The Morgan fingerprint density at radius 1 is 1.12 bits per heavy atom. The van der Waals surface area contributed by atoms with Crippen LogP contribution < -0.4 is 10.1 Å². The number of likely N-dealkylation sites (tertiary alicyclic amines) is 1. The Balaban J connectivity index is 1.53. The molecule has 0 aromatic heterocycles. The topological polar surface area (TPSA) is 67.9 Å². The van der Waals surface area contributed by atoms with Gasteiger partial charge in [-0.2, -0.15) is 0 Å². The number of rotatable bonds is 8. The molecule has 6 nitrogen and oxygen atoms in total. The van der Waals surface area contributed by atoms with Crippen LogP contribution in [0.15, 0.2) is 55.1 Å². The molecule has 3 rings (SSSR count). The summed E-state index contributed by atoms with van der Waals surface area (Å²) in [5.74, 6) is 1.15. The van der Waals surface area contributed by atoms with Gasteiger partial charge in [-0.05, 0) is 62.8 Å². The molecule has 0 atom stereocenters. The molecular weight excluding hydrogens is 428 g/mol. The minimum absolute atomic E-state index is 0.0873. The number of ether oxygens (including phenoxy) is 2. The maximum atomic E-state index is 13.1. The SMILES string of the molecule is C=Cc1ccc(OCc2ccccc2)c(CC(=O)N2CCC(CNC(=O)OC(C)(C)C)CC2)c1. The first-order valence-corrected chi connectivity index (χ1v) is 11.9. The molecule has 6 heteroatoms. The lowest BCUT2D eigenvalue weighted by atomic mass is 9.96. The molecule has 0 spiro atoms. The van der Waals surface area contributed by atoms with Crippen LogP contribution in [0.3, 0.4) is 0 Å². The Labute approximate surface area is 202 Å². The molecule has 2 aromatic carbocycles. The van der Waals surface area contributed by atoms with Crippen molar-refractivity contribution in [3.63, 3.8) is 0 Å². The van der Waals surface area contributed by atoms with E-state index in [1.165, 1.54) is 0 Å². The lowest BCUT2D eigenvalue weighted by Crippen LogP contribution is -2.42. The normalized spacial score (nSPS) is 14.4. The molecule has 1 N–H and O–H groups in total. The van der Waals surface area contributed by atoms with E-state index in [1.54, 1.807) is 6.08 Å². The maximum Gasteiger partial charge on any atom is 0.407 e. The average molecular weight is 465 g/mol. The lowest BCUT2D eigenvalue weighted by molar-refractivity contribution is -0.131. The van der Waals surface area contributed by atoms with Crippen LogP contribution >= 0.6 is 0 Å². The van der Waals surface area contributed by atoms with Crippen molar-refractivity contribution >= 4 is 18.1 Å². The Morgan fingerprint density at radius 2 is 1.82 bits per heavy atom. The molecule has 182 valence electrons. The van der Waals surface area contributed by atoms with Crippen molar-refractivity contribution in [2.24, 2.45) is 5.92 Å². The van der Waals surface area contributed by atoms with E-state index in [0.29, 0.717) is 32.2 Å². The zero-order valence-corrected chi connectivity index (χ0v) is 20.5. The van der Waals surface area contributed by atoms with Crippen molar-refractivity contribution in [2.45, 2.75) is 52.2 Å². The van der Waals surface area contributed by atoms with Crippen LogP contribution in [0.2, 0.25) is 0 Å². The van der Waals surface area contributed by atoms with E-state index in [1.807, 2.05) is 74.2 Å². The number of benzene rings is 2. The summed E-state index contributed by atoms with van der Waals surface area (Å²) in [6.07, 6.45) is 3.37. The van der Waals surface area contributed by atoms with Gasteiger partial charge in [0.2, 0.25) is 5.91 Å². The number of piperidine rings is 1. The maximum absolute atomic E-state index is 13.1. The van der Waals surface area contributed by atoms with Crippen molar-refractivity contribution in [3.05, 3.63) is 71.8 Å². The van der Waals surface area contributed by atoms with Crippen molar-refractivity contribution in [1.82, 2.24) is 10.2 Å². The third-order valence-corrected chi connectivity index (χ3v) is 5.80. The number of hydrogen-bond acceptors (Lipinski definition) is 4. The summed E-state index contributed by atoms with van der Waals surface area (Å²) in [6.45, 7) is 11.8. The molecule has 2 amide bonds. The van der Waals surface area contributed by atoms with E-state index in [4.69, 9.17) is 9.47 Å². The summed E-state index contributed by atoms with van der Waals surface area (Å²) < 4.78 is 11.4. The summed E-state index contributed by atoms with van der Waals surface area (Å²) in [5.41, 5.74) is 2.40. The monoisotopic (exact) mass is 464 g/mol. The molecular formula is C28H36N2O4. The van der Waals surface area contributed by atoms with Gasteiger partial charge >= 0.3 is 6.09 Å². The van der Waals surface area contributed by atoms with E-state index >= 15 is 0 Å². The van der Waals surface area contributed by atoms with Gasteiger partial charge < -0.3 is 19.7 Å². The molecule has 1 fully saturated rings. The average Bonchev–Trinajstić information content (AvgIpc) is 2.81. The van der Waals surface area contributed by atoms with Crippen molar-refractivity contribution in [1.29, 1.82) is 0 Å². The number of hydrogen-bond donors (Lipinski definition) is 1. The number of nitrogens with zero attached hydrogens (tertiary/aromatic N) is 1. The molecule has 0 unspecified atom stereocenters. The Morgan fingerprint density at radius 3 is 2.47 bits per heavy atom. The third kappa shape index (κ3) is 7.94. The van der Waals surface area contributed by atoms with Gasteiger partial charge in [0.05, 0.1) is 6.42 Å². The molecule has 34 heavy (non-hydrogen) atoms. The van der Waals surface area contributed by atoms with E-state index in [0.717, 1.165) is 35.3 Å².